The van der Waals surface area contributed by atoms with Gasteiger partial charge in [0.1, 0.15) is 5.82 Å². The topological polar surface area (TPSA) is 61.8 Å². The number of carbonyl (C=O) groups excluding carboxylic acids is 1. The van der Waals surface area contributed by atoms with E-state index in [1.807, 2.05) is 0 Å². The average molecular weight is 310 g/mol. The standard InChI is InChI=1S/C16H23FN2O3/c17-14-4-1-3-13(11-14)15(20)12-16(21)18-5-2-6-19-7-9-22-10-8-19/h1,3-4,11,15,20H,2,5-10,12H2,(H,18,21). The van der Waals surface area contributed by atoms with Gasteiger partial charge in [0.05, 0.1) is 25.7 Å². The van der Waals surface area contributed by atoms with Crippen molar-refractivity contribution in [3.8, 4) is 0 Å². The van der Waals surface area contributed by atoms with E-state index in [-0.39, 0.29) is 12.3 Å². The normalized spacial score (nSPS) is 17.2. The molecule has 1 heterocycles. The fourth-order valence-corrected chi connectivity index (χ4v) is 2.43. The zero-order valence-electron chi connectivity index (χ0n) is 12.6. The molecule has 22 heavy (non-hydrogen) atoms. The molecule has 1 saturated heterocycles. The van der Waals surface area contributed by atoms with Crippen molar-refractivity contribution in [2.24, 2.45) is 0 Å². The third-order valence-electron chi connectivity index (χ3n) is 3.69. The smallest absolute Gasteiger partial charge is 0.222 e. The van der Waals surface area contributed by atoms with E-state index < -0.39 is 11.9 Å². The molecule has 0 bridgehead atoms. The molecule has 1 unspecified atom stereocenters. The highest BCUT2D eigenvalue weighted by molar-refractivity contribution is 5.76. The van der Waals surface area contributed by atoms with E-state index in [0.717, 1.165) is 39.3 Å². The van der Waals surface area contributed by atoms with E-state index in [9.17, 15) is 14.3 Å². The second kappa shape index (κ2) is 8.82. The molecule has 0 aliphatic carbocycles. The van der Waals surface area contributed by atoms with Gasteiger partial charge in [-0.2, -0.15) is 0 Å². The number of hydrogen-bond acceptors (Lipinski definition) is 4. The van der Waals surface area contributed by atoms with Crippen LogP contribution in [-0.4, -0.2) is 55.3 Å². The van der Waals surface area contributed by atoms with E-state index in [1.165, 1.54) is 18.2 Å². The number of ether oxygens (including phenoxy) is 1. The Morgan fingerprint density at radius 1 is 1.41 bits per heavy atom. The summed E-state index contributed by atoms with van der Waals surface area (Å²) in [5.74, 6) is -0.638. The average Bonchev–Trinajstić information content (AvgIpc) is 2.52. The minimum absolute atomic E-state index is 0.0546. The molecule has 1 aliphatic rings. The summed E-state index contributed by atoms with van der Waals surface area (Å²) in [4.78, 5) is 14.1. The summed E-state index contributed by atoms with van der Waals surface area (Å²) in [6.07, 6.45) is -0.169. The monoisotopic (exact) mass is 310 g/mol. The first-order valence-electron chi connectivity index (χ1n) is 7.65. The van der Waals surface area contributed by atoms with Crippen molar-refractivity contribution in [1.82, 2.24) is 10.2 Å². The first kappa shape index (κ1) is 16.9. The van der Waals surface area contributed by atoms with Crippen molar-refractivity contribution in [2.75, 3.05) is 39.4 Å². The Morgan fingerprint density at radius 3 is 2.91 bits per heavy atom. The third-order valence-corrected chi connectivity index (χ3v) is 3.69. The fourth-order valence-electron chi connectivity index (χ4n) is 2.43. The summed E-state index contributed by atoms with van der Waals surface area (Å²) in [5.41, 5.74) is 0.420. The maximum Gasteiger partial charge on any atom is 0.222 e. The highest BCUT2D eigenvalue weighted by atomic mass is 19.1. The van der Waals surface area contributed by atoms with Gasteiger partial charge in [-0.25, -0.2) is 4.39 Å². The van der Waals surface area contributed by atoms with Crippen LogP contribution in [0.3, 0.4) is 0 Å². The van der Waals surface area contributed by atoms with Crippen molar-refractivity contribution < 1.29 is 19.0 Å². The molecule has 6 heteroatoms. The molecule has 2 N–H and O–H groups in total. The fraction of sp³-hybridized carbons (Fsp3) is 0.562. The third kappa shape index (κ3) is 5.71. The number of nitrogens with one attached hydrogen (secondary N) is 1. The molecule has 1 aromatic rings. The number of nitrogens with zero attached hydrogens (tertiary/aromatic N) is 1. The number of amides is 1. The number of benzene rings is 1. The summed E-state index contributed by atoms with van der Waals surface area (Å²) in [6, 6.07) is 5.69. The summed E-state index contributed by atoms with van der Waals surface area (Å²) >= 11 is 0. The van der Waals surface area contributed by atoms with Crippen molar-refractivity contribution in [1.29, 1.82) is 0 Å². The molecular formula is C16H23FN2O3. The lowest BCUT2D eigenvalue weighted by molar-refractivity contribution is -0.123. The van der Waals surface area contributed by atoms with Crippen LogP contribution in [0.1, 0.15) is 24.5 Å². The molecule has 1 aromatic carbocycles. The summed E-state index contributed by atoms with van der Waals surface area (Å²) < 4.78 is 18.3. The van der Waals surface area contributed by atoms with Crippen molar-refractivity contribution in [3.05, 3.63) is 35.6 Å². The van der Waals surface area contributed by atoms with Crippen LogP contribution in [0.25, 0.3) is 0 Å². The lowest BCUT2D eigenvalue weighted by atomic mass is 10.1. The SMILES string of the molecule is O=C(CC(O)c1cccc(F)c1)NCCCN1CCOCC1. The van der Waals surface area contributed by atoms with E-state index in [2.05, 4.69) is 10.2 Å². The number of hydrogen-bond donors (Lipinski definition) is 2. The Kier molecular flexibility index (Phi) is 6.76. The molecule has 2 rings (SSSR count). The second-order valence-electron chi connectivity index (χ2n) is 5.43. The van der Waals surface area contributed by atoms with Crippen LogP contribution >= 0.6 is 0 Å². The van der Waals surface area contributed by atoms with E-state index in [1.54, 1.807) is 6.07 Å². The summed E-state index contributed by atoms with van der Waals surface area (Å²) in [5, 5.41) is 12.7. The molecule has 0 aromatic heterocycles. The zero-order chi connectivity index (χ0) is 15.8. The Labute approximate surface area is 130 Å². The van der Waals surface area contributed by atoms with Crippen LogP contribution in [0.4, 0.5) is 4.39 Å². The van der Waals surface area contributed by atoms with Crippen LogP contribution in [0.15, 0.2) is 24.3 Å². The highest BCUT2D eigenvalue weighted by Gasteiger charge is 2.14. The molecule has 0 radical (unpaired) electrons. The largest absolute Gasteiger partial charge is 0.388 e. The van der Waals surface area contributed by atoms with Crippen LogP contribution in [0.2, 0.25) is 0 Å². The summed E-state index contributed by atoms with van der Waals surface area (Å²) in [6.45, 7) is 4.92. The number of rotatable bonds is 7. The molecule has 1 aliphatic heterocycles. The Morgan fingerprint density at radius 2 is 2.18 bits per heavy atom. The Bertz CT molecular complexity index is 478. The van der Waals surface area contributed by atoms with Gasteiger partial charge in [0, 0.05) is 19.6 Å². The Balaban J connectivity index is 1.62. The van der Waals surface area contributed by atoms with Gasteiger partial charge < -0.3 is 15.2 Å². The van der Waals surface area contributed by atoms with Gasteiger partial charge in [0.25, 0.3) is 0 Å². The van der Waals surface area contributed by atoms with Crippen molar-refractivity contribution in [3.63, 3.8) is 0 Å². The molecule has 1 amide bonds. The predicted octanol–water partition coefficient (Wildman–Crippen LogP) is 1.09. The van der Waals surface area contributed by atoms with E-state index in [4.69, 9.17) is 4.74 Å². The van der Waals surface area contributed by atoms with Crippen LogP contribution in [-0.2, 0) is 9.53 Å². The number of aliphatic hydroxyl groups is 1. The van der Waals surface area contributed by atoms with Gasteiger partial charge in [-0.05, 0) is 30.7 Å². The van der Waals surface area contributed by atoms with Crippen molar-refractivity contribution >= 4 is 5.91 Å². The van der Waals surface area contributed by atoms with Crippen LogP contribution in [0.5, 0.6) is 0 Å². The van der Waals surface area contributed by atoms with Gasteiger partial charge >= 0.3 is 0 Å². The van der Waals surface area contributed by atoms with Crippen LogP contribution < -0.4 is 5.32 Å². The molecule has 0 saturated carbocycles. The van der Waals surface area contributed by atoms with Gasteiger partial charge in [-0.3, -0.25) is 9.69 Å². The molecule has 0 spiro atoms. The number of aliphatic hydroxyl groups excluding tert-OH is 1. The quantitative estimate of drug-likeness (QED) is 0.740. The van der Waals surface area contributed by atoms with Crippen molar-refractivity contribution in [2.45, 2.75) is 18.9 Å². The molecule has 1 fully saturated rings. The highest BCUT2D eigenvalue weighted by Crippen LogP contribution is 2.17. The Hall–Kier alpha value is -1.50. The van der Waals surface area contributed by atoms with Gasteiger partial charge in [-0.15, -0.1) is 0 Å². The zero-order valence-corrected chi connectivity index (χ0v) is 12.6. The first-order valence-corrected chi connectivity index (χ1v) is 7.65. The number of morpholine rings is 1. The number of carbonyl (C=O) groups is 1. The summed E-state index contributed by atoms with van der Waals surface area (Å²) in [7, 11) is 0. The lowest BCUT2D eigenvalue weighted by Gasteiger charge is -2.26. The maximum atomic E-state index is 13.1. The minimum atomic E-state index is -0.977. The molecule has 122 valence electrons. The lowest BCUT2D eigenvalue weighted by Crippen LogP contribution is -2.38. The first-order chi connectivity index (χ1) is 10.6. The minimum Gasteiger partial charge on any atom is -0.388 e. The van der Waals surface area contributed by atoms with Gasteiger partial charge in [0.15, 0.2) is 0 Å². The van der Waals surface area contributed by atoms with Gasteiger partial charge in [0.2, 0.25) is 5.91 Å². The molecule has 1 atom stereocenters. The van der Waals surface area contributed by atoms with Crippen LogP contribution in [0, 0.1) is 5.82 Å². The van der Waals surface area contributed by atoms with E-state index >= 15 is 0 Å². The van der Waals surface area contributed by atoms with Gasteiger partial charge in [-0.1, -0.05) is 12.1 Å². The van der Waals surface area contributed by atoms with E-state index in [0.29, 0.717) is 12.1 Å². The maximum absolute atomic E-state index is 13.1. The molecular weight excluding hydrogens is 287 g/mol. The predicted molar refractivity (Wildman–Crippen MR) is 80.9 cm³/mol. The number of halogens is 1. The molecule has 5 nitrogen and oxygen atoms in total. The second-order valence-corrected chi connectivity index (χ2v) is 5.43.